The number of ether oxygens (including phenoxy) is 1. The first-order chi connectivity index (χ1) is 12.6. The molecule has 1 aromatic carbocycles. The number of nitrogens with one attached hydrogen (secondary N) is 1. The summed E-state index contributed by atoms with van der Waals surface area (Å²) in [4.78, 5) is 25.2. The Morgan fingerprint density at radius 2 is 1.63 bits per heavy atom. The van der Waals surface area contributed by atoms with E-state index in [9.17, 15) is 18.0 Å². The van der Waals surface area contributed by atoms with Gasteiger partial charge in [0.05, 0.1) is 18.6 Å². The van der Waals surface area contributed by atoms with Crippen LogP contribution in [0.25, 0.3) is 0 Å². The zero-order valence-electron chi connectivity index (χ0n) is 16.2. The summed E-state index contributed by atoms with van der Waals surface area (Å²) in [6, 6.07) is 3.75. The van der Waals surface area contributed by atoms with Crippen molar-refractivity contribution in [2.24, 2.45) is 0 Å². The number of hydrogen-bond acceptors (Lipinski definition) is 6. The number of nitrogens with zero attached hydrogens (tertiary/aromatic N) is 2. The quantitative estimate of drug-likeness (QED) is 0.690. The second-order valence-corrected chi connectivity index (χ2v) is 8.64. The van der Waals surface area contributed by atoms with Crippen molar-refractivity contribution in [3.05, 3.63) is 28.8 Å². The molecule has 1 aliphatic heterocycles. The normalized spacial score (nSPS) is 16.1. The van der Waals surface area contributed by atoms with Crippen LogP contribution >= 0.6 is 0 Å². The Morgan fingerprint density at radius 1 is 1.07 bits per heavy atom. The zero-order chi connectivity index (χ0) is 20.2. The van der Waals surface area contributed by atoms with Gasteiger partial charge >= 0.3 is 5.97 Å². The Bertz CT molecular complexity index is 791. The lowest BCUT2D eigenvalue weighted by Gasteiger charge is -2.34. The fourth-order valence-corrected chi connectivity index (χ4v) is 5.17. The molecule has 1 saturated heterocycles. The molecule has 1 aliphatic rings. The summed E-state index contributed by atoms with van der Waals surface area (Å²) in [5.41, 5.74) is 2.53. The smallest absolute Gasteiger partial charge is 0.325 e. The van der Waals surface area contributed by atoms with Crippen molar-refractivity contribution in [1.82, 2.24) is 14.5 Å². The van der Waals surface area contributed by atoms with E-state index in [2.05, 4.69) is 10.1 Å². The molecule has 1 aromatic rings. The van der Waals surface area contributed by atoms with Crippen molar-refractivity contribution in [1.29, 1.82) is 0 Å². The second-order valence-electron chi connectivity index (χ2n) is 6.76. The number of benzene rings is 1. The topological polar surface area (TPSA) is 96.0 Å². The molecule has 0 aliphatic carbocycles. The molecule has 8 nitrogen and oxygen atoms in total. The van der Waals surface area contributed by atoms with Crippen molar-refractivity contribution in [3.63, 3.8) is 0 Å². The van der Waals surface area contributed by atoms with Gasteiger partial charge in [-0.2, -0.15) is 4.31 Å². The predicted molar refractivity (Wildman–Crippen MR) is 101 cm³/mol. The number of amides is 1. The fourth-order valence-electron chi connectivity index (χ4n) is 3.33. The average molecular weight is 397 g/mol. The number of aryl methyl sites for hydroxylation is 3. The van der Waals surface area contributed by atoms with Crippen molar-refractivity contribution in [2.75, 3.05) is 46.4 Å². The van der Waals surface area contributed by atoms with Crippen molar-refractivity contribution in [3.8, 4) is 0 Å². The van der Waals surface area contributed by atoms with Gasteiger partial charge in [0.15, 0.2) is 0 Å². The number of methoxy groups -OCH3 is 1. The van der Waals surface area contributed by atoms with Crippen LogP contribution in [0.4, 0.5) is 0 Å². The first kappa shape index (κ1) is 21.3. The molecular weight excluding hydrogens is 370 g/mol. The van der Waals surface area contributed by atoms with Gasteiger partial charge in [-0.3, -0.25) is 14.5 Å². The van der Waals surface area contributed by atoms with Gasteiger partial charge < -0.3 is 10.1 Å². The fraction of sp³-hybridized carbons (Fsp3) is 0.556. The largest absolute Gasteiger partial charge is 0.468 e. The third-order valence-corrected chi connectivity index (χ3v) is 6.76. The van der Waals surface area contributed by atoms with Crippen LogP contribution in [0.2, 0.25) is 0 Å². The average Bonchev–Trinajstić information content (AvgIpc) is 2.59. The summed E-state index contributed by atoms with van der Waals surface area (Å²) in [6.07, 6.45) is 0. The van der Waals surface area contributed by atoms with Gasteiger partial charge in [-0.15, -0.1) is 0 Å². The zero-order valence-corrected chi connectivity index (χ0v) is 17.1. The maximum Gasteiger partial charge on any atom is 0.325 e. The van der Waals surface area contributed by atoms with E-state index in [0.717, 1.165) is 16.7 Å². The highest BCUT2D eigenvalue weighted by Crippen LogP contribution is 2.25. The van der Waals surface area contributed by atoms with Crippen molar-refractivity contribution < 1.29 is 22.7 Å². The third kappa shape index (κ3) is 5.27. The van der Waals surface area contributed by atoms with E-state index < -0.39 is 16.0 Å². The Morgan fingerprint density at radius 3 is 2.15 bits per heavy atom. The van der Waals surface area contributed by atoms with E-state index in [0.29, 0.717) is 31.1 Å². The number of piperazine rings is 1. The Kier molecular flexibility index (Phi) is 6.96. The van der Waals surface area contributed by atoms with E-state index in [1.165, 1.54) is 11.4 Å². The van der Waals surface area contributed by atoms with Gasteiger partial charge in [0.25, 0.3) is 0 Å². The number of sulfonamides is 1. The Hall–Kier alpha value is -1.97. The minimum absolute atomic E-state index is 0.119. The van der Waals surface area contributed by atoms with Gasteiger partial charge in [0.2, 0.25) is 15.9 Å². The number of carbonyl (C=O) groups is 2. The van der Waals surface area contributed by atoms with Crippen LogP contribution in [0.3, 0.4) is 0 Å². The Balaban J connectivity index is 1.97. The highest BCUT2D eigenvalue weighted by Gasteiger charge is 2.31. The molecule has 150 valence electrons. The lowest BCUT2D eigenvalue weighted by Crippen LogP contribution is -2.51. The summed E-state index contributed by atoms with van der Waals surface area (Å²) >= 11 is 0. The summed E-state index contributed by atoms with van der Waals surface area (Å²) in [5.74, 6) is -0.801. The molecule has 0 radical (unpaired) electrons. The molecule has 1 fully saturated rings. The first-order valence-corrected chi connectivity index (χ1v) is 10.2. The molecule has 1 amide bonds. The SMILES string of the molecule is COC(=O)CNC(=O)CN1CCN(S(=O)(=O)c2c(C)cc(C)cc2C)CC1. The van der Waals surface area contributed by atoms with Crippen LogP contribution in [0.15, 0.2) is 17.0 Å². The van der Waals surface area contributed by atoms with Gasteiger partial charge in [0.1, 0.15) is 6.54 Å². The summed E-state index contributed by atoms with van der Waals surface area (Å²) in [5, 5.41) is 2.48. The van der Waals surface area contributed by atoms with E-state index in [4.69, 9.17) is 0 Å². The van der Waals surface area contributed by atoms with E-state index in [1.54, 1.807) is 0 Å². The van der Waals surface area contributed by atoms with Crippen LogP contribution in [0.1, 0.15) is 16.7 Å². The molecule has 0 atom stereocenters. The number of esters is 1. The van der Waals surface area contributed by atoms with Crippen molar-refractivity contribution in [2.45, 2.75) is 25.7 Å². The molecule has 2 rings (SSSR count). The van der Waals surface area contributed by atoms with Gasteiger partial charge in [0, 0.05) is 26.2 Å². The van der Waals surface area contributed by atoms with Gasteiger partial charge in [-0.25, -0.2) is 8.42 Å². The molecule has 0 aromatic heterocycles. The molecule has 9 heteroatoms. The molecule has 1 N–H and O–H groups in total. The van der Waals surface area contributed by atoms with Gasteiger partial charge in [-0.05, 0) is 31.9 Å². The number of rotatable bonds is 6. The van der Waals surface area contributed by atoms with Crippen molar-refractivity contribution >= 4 is 21.9 Å². The monoisotopic (exact) mass is 397 g/mol. The van der Waals surface area contributed by atoms with Crippen LogP contribution in [0, 0.1) is 20.8 Å². The summed E-state index contributed by atoms with van der Waals surface area (Å²) < 4.78 is 32.1. The van der Waals surface area contributed by atoms with Crippen LogP contribution in [-0.2, 0) is 24.3 Å². The summed E-state index contributed by atoms with van der Waals surface area (Å²) in [7, 11) is -2.32. The maximum atomic E-state index is 13.1. The predicted octanol–water partition coefficient (Wildman–Crippen LogP) is 0.207. The standard InChI is InChI=1S/C18H27N3O5S/c1-13-9-14(2)18(15(3)10-13)27(24,25)21-7-5-20(6-8-21)12-16(22)19-11-17(23)26-4/h9-10H,5-8,11-12H2,1-4H3,(H,19,22). The minimum Gasteiger partial charge on any atom is -0.468 e. The lowest BCUT2D eigenvalue weighted by molar-refractivity contribution is -0.141. The Labute approximate surface area is 160 Å². The molecule has 0 spiro atoms. The first-order valence-electron chi connectivity index (χ1n) is 8.79. The highest BCUT2D eigenvalue weighted by molar-refractivity contribution is 7.89. The summed E-state index contributed by atoms with van der Waals surface area (Å²) in [6.45, 7) is 7.06. The molecule has 1 heterocycles. The lowest BCUT2D eigenvalue weighted by atomic mass is 10.1. The molecule has 27 heavy (non-hydrogen) atoms. The molecular formula is C18H27N3O5S. The minimum atomic E-state index is -3.57. The highest BCUT2D eigenvalue weighted by atomic mass is 32.2. The van der Waals surface area contributed by atoms with E-state index in [-0.39, 0.29) is 19.0 Å². The molecule has 0 unspecified atom stereocenters. The van der Waals surface area contributed by atoms with E-state index in [1.807, 2.05) is 37.8 Å². The van der Waals surface area contributed by atoms with Crippen LogP contribution in [-0.4, -0.2) is 75.9 Å². The molecule has 0 bridgehead atoms. The van der Waals surface area contributed by atoms with Crippen LogP contribution in [0.5, 0.6) is 0 Å². The third-order valence-electron chi connectivity index (χ3n) is 4.56. The van der Waals surface area contributed by atoms with Gasteiger partial charge in [-0.1, -0.05) is 17.7 Å². The van der Waals surface area contributed by atoms with E-state index >= 15 is 0 Å². The van der Waals surface area contributed by atoms with Crippen LogP contribution < -0.4 is 5.32 Å². The number of hydrogen-bond donors (Lipinski definition) is 1. The molecule has 0 saturated carbocycles. The second kappa shape index (κ2) is 8.81. The number of carbonyl (C=O) groups excluding carboxylic acids is 2. The maximum absolute atomic E-state index is 13.1.